The molecule has 0 spiro atoms. The van der Waals surface area contributed by atoms with Gasteiger partial charge in [0, 0.05) is 37.9 Å². The first kappa shape index (κ1) is 21.4. The zero-order valence-corrected chi connectivity index (χ0v) is 18.4. The van der Waals surface area contributed by atoms with Crippen LogP contribution in [0.15, 0.2) is 64.2 Å². The van der Waals surface area contributed by atoms with Gasteiger partial charge in [0.25, 0.3) is 0 Å². The van der Waals surface area contributed by atoms with Crippen LogP contribution in [0.3, 0.4) is 0 Å². The molecule has 0 saturated carbocycles. The predicted molar refractivity (Wildman–Crippen MR) is 125 cm³/mol. The number of hydrogen-bond acceptors (Lipinski definition) is 5. The van der Waals surface area contributed by atoms with Crippen LogP contribution in [-0.2, 0) is 17.9 Å². The van der Waals surface area contributed by atoms with Crippen molar-refractivity contribution in [2.45, 2.75) is 20.0 Å². The fraction of sp³-hybridized carbons (Fsp3) is 0.292. The summed E-state index contributed by atoms with van der Waals surface area (Å²) in [5.74, 6) is 1.35. The predicted octanol–water partition coefficient (Wildman–Crippen LogP) is 2.45. The fourth-order valence-corrected chi connectivity index (χ4v) is 3.48. The number of aliphatic imine (C=N–C) groups is 1. The van der Waals surface area contributed by atoms with Crippen LogP contribution in [0.2, 0.25) is 0 Å². The van der Waals surface area contributed by atoms with Gasteiger partial charge in [-0.15, -0.1) is 0 Å². The van der Waals surface area contributed by atoms with Gasteiger partial charge in [-0.1, -0.05) is 29.8 Å². The molecule has 1 aromatic heterocycles. The maximum absolute atomic E-state index is 11.6. The number of rotatable bonds is 6. The van der Waals surface area contributed by atoms with E-state index in [-0.39, 0.29) is 5.91 Å². The molecule has 8 heteroatoms. The summed E-state index contributed by atoms with van der Waals surface area (Å²) in [6.45, 7) is 5.10. The highest BCUT2D eigenvalue weighted by Gasteiger charge is 2.16. The van der Waals surface area contributed by atoms with E-state index in [1.165, 1.54) is 5.56 Å². The van der Waals surface area contributed by atoms with Crippen molar-refractivity contribution in [3.8, 4) is 11.5 Å². The lowest BCUT2D eigenvalue weighted by Gasteiger charge is -2.28. The third-order valence-corrected chi connectivity index (χ3v) is 5.31. The van der Waals surface area contributed by atoms with Crippen molar-refractivity contribution in [2.24, 2.45) is 4.99 Å². The molecule has 166 valence electrons. The third kappa shape index (κ3) is 5.46. The molecule has 0 unspecified atom stereocenters. The number of amides is 1. The van der Waals surface area contributed by atoms with Crippen LogP contribution < -0.4 is 20.9 Å². The third-order valence-electron chi connectivity index (χ3n) is 5.31. The lowest BCUT2D eigenvalue weighted by molar-refractivity contribution is -0.120. The number of anilines is 1. The Hall–Kier alpha value is -3.81. The quantitative estimate of drug-likeness (QED) is 0.409. The Morgan fingerprint density at radius 2 is 1.88 bits per heavy atom. The van der Waals surface area contributed by atoms with Gasteiger partial charge in [0.1, 0.15) is 6.26 Å². The summed E-state index contributed by atoms with van der Waals surface area (Å²) in [4.78, 5) is 22.5. The number of nitrogens with one attached hydrogen (secondary N) is 3. The Morgan fingerprint density at radius 3 is 2.59 bits per heavy atom. The van der Waals surface area contributed by atoms with Crippen molar-refractivity contribution in [1.29, 1.82) is 0 Å². The average molecular weight is 433 g/mol. The molecule has 0 atom stereocenters. The number of benzene rings is 2. The summed E-state index contributed by atoms with van der Waals surface area (Å²) >= 11 is 0. The Balaban J connectivity index is 1.27. The van der Waals surface area contributed by atoms with Crippen LogP contribution in [0, 0.1) is 6.92 Å². The molecule has 32 heavy (non-hydrogen) atoms. The highest BCUT2D eigenvalue weighted by atomic mass is 16.3. The number of aryl methyl sites for hydroxylation is 1. The second-order valence-electron chi connectivity index (χ2n) is 7.73. The largest absolute Gasteiger partial charge is 0.444 e. The number of guanidine groups is 1. The standard InChI is InChI=1S/C24H28N6O2/c1-17-3-7-19(8-4-17)23-29-20(16-32-23)14-28-24(25-2)27-13-18-5-9-21(10-6-18)30-12-11-26-22(31)15-30/h3-10,16H,11-15H2,1-2H3,(H,26,31)(H2,25,27,28). The molecule has 0 bridgehead atoms. The van der Waals surface area contributed by atoms with E-state index in [9.17, 15) is 4.79 Å². The minimum absolute atomic E-state index is 0.0648. The molecular weight excluding hydrogens is 404 g/mol. The van der Waals surface area contributed by atoms with Crippen LogP contribution in [0.25, 0.3) is 11.5 Å². The van der Waals surface area contributed by atoms with E-state index >= 15 is 0 Å². The Bertz CT molecular complexity index is 1070. The van der Waals surface area contributed by atoms with Crippen molar-refractivity contribution < 1.29 is 9.21 Å². The monoisotopic (exact) mass is 432 g/mol. The van der Waals surface area contributed by atoms with Crippen LogP contribution in [0.1, 0.15) is 16.8 Å². The number of hydrogen-bond donors (Lipinski definition) is 3. The molecule has 0 aliphatic carbocycles. The van der Waals surface area contributed by atoms with Crippen LogP contribution in [-0.4, -0.2) is 43.5 Å². The summed E-state index contributed by atoms with van der Waals surface area (Å²) < 4.78 is 5.61. The number of carbonyl (C=O) groups excluding carboxylic acids is 1. The summed E-state index contributed by atoms with van der Waals surface area (Å²) in [7, 11) is 1.74. The van der Waals surface area contributed by atoms with Gasteiger partial charge < -0.3 is 25.3 Å². The average Bonchev–Trinajstić information content (AvgIpc) is 3.29. The van der Waals surface area contributed by atoms with Crippen molar-refractivity contribution >= 4 is 17.6 Å². The van der Waals surface area contributed by atoms with E-state index in [1.54, 1.807) is 13.3 Å². The van der Waals surface area contributed by atoms with E-state index in [4.69, 9.17) is 4.42 Å². The van der Waals surface area contributed by atoms with Gasteiger partial charge in [0.15, 0.2) is 5.96 Å². The SMILES string of the molecule is CN=C(NCc1ccc(N2CCNC(=O)C2)cc1)NCc1coc(-c2ccc(C)cc2)n1. The zero-order chi connectivity index (χ0) is 22.3. The minimum Gasteiger partial charge on any atom is -0.444 e. The number of nitrogens with zero attached hydrogens (tertiary/aromatic N) is 3. The summed E-state index contributed by atoms with van der Waals surface area (Å²) in [5, 5.41) is 9.42. The van der Waals surface area contributed by atoms with Gasteiger partial charge in [-0.2, -0.15) is 0 Å². The van der Waals surface area contributed by atoms with Crippen molar-refractivity contribution in [3.63, 3.8) is 0 Å². The van der Waals surface area contributed by atoms with Gasteiger partial charge in [-0.05, 0) is 36.8 Å². The van der Waals surface area contributed by atoms with Crippen LogP contribution >= 0.6 is 0 Å². The van der Waals surface area contributed by atoms with Gasteiger partial charge in [0.2, 0.25) is 11.8 Å². The highest BCUT2D eigenvalue weighted by molar-refractivity contribution is 5.82. The van der Waals surface area contributed by atoms with Gasteiger partial charge >= 0.3 is 0 Å². The topological polar surface area (TPSA) is 94.8 Å². The summed E-state index contributed by atoms with van der Waals surface area (Å²) in [6, 6.07) is 16.3. The van der Waals surface area contributed by atoms with E-state index in [0.29, 0.717) is 38.0 Å². The summed E-state index contributed by atoms with van der Waals surface area (Å²) in [5.41, 5.74) is 5.14. The molecular formula is C24H28N6O2. The normalized spacial score (nSPS) is 14.2. The van der Waals surface area contributed by atoms with E-state index < -0.39 is 0 Å². The maximum Gasteiger partial charge on any atom is 0.239 e. The first-order valence-corrected chi connectivity index (χ1v) is 10.7. The zero-order valence-electron chi connectivity index (χ0n) is 18.4. The first-order valence-electron chi connectivity index (χ1n) is 10.7. The number of oxazole rings is 1. The molecule has 3 aromatic rings. The van der Waals surface area contributed by atoms with Crippen LogP contribution in [0.4, 0.5) is 5.69 Å². The molecule has 1 aliphatic heterocycles. The van der Waals surface area contributed by atoms with E-state index in [2.05, 4.69) is 49.9 Å². The molecule has 2 aromatic carbocycles. The number of aromatic nitrogens is 1. The molecule has 3 N–H and O–H groups in total. The molecule has 8 nitrogen and oxygen atoms in total. The smallest absolute Gasteiger partial charge is 0.239 e. The lowest BCUT2D eigenvalue weighted by atomic mass is 10.1. The van der Waals surface area contributed by atoms with Gasteiger partial charge in [0.05, 0.1) is 18.8 Å². The van der Waals surface area contributed by atoms with E-state index in [1.807, 2.05) is 36.4 Å². The fourth-order valence-electron chi connectivity index (χ4n) is 3.48. The molecule has 1 aliphatic rings. The second-order valence-corrected chi connectivity index (χ2v) is 7.73. The molecule has 1 saturated heterocycles. The summed E-state index contributed by atoms with van der Waals surface area (Å²) in [6.07, 6.45) is 1.66. The van der Waals surface area contributed by atoms with Gasteiger partial charge in [-0.3, -0.25) is 9.79 Å². The molecule has 1 amide bonds. The second kappa shape index (κ2) is 10.00. The first-order chi connectivity index (χ1) is 15.6. The van der Waals surface area contributed by atoms with Crippen LogP contribution in [0.5, 0.6) is 0 Å². The van der Waals surface area contributed by atoms with Crippen molar-refractivity contribution in [3.05, 3.63) is 71.6 Å². The number of carbonyl (C=O) groups is 1. The van der Waals surface area contributed by atoms with Crippen molar-refractivity contribution in [1.82, 2.24) is 20.9 Å². The maximum atomic E-state index is 11.6. The molecule has 2 heterocycles. The minimum atomic E-state index is 0.0648. The Kier molecular flexibility index (Phi) is 6.69. The van der Waals surface area contributed by atoms with Crippen molar-refractivity contribution in [2.75, 3.05) is 31.6 Å². The van der Waals surface area contributed by atoms with E-state index in [0.717, 1.165) is 29.1 Å². The lowest BCUT2D eigenvalue weighted by Crippen LogP contribution is -2.47. The van der Waals surface area contributed by atoms with Gasteiger partial charge in [-0.25, -0.2) is 4.98 Å². The molecule has 1 fully saturated rings. The Labute approximate surface area is 187 Å². The molecule has 4 rings (SSSR count). The Morgan fingerprint density at radius 1 is 1.12 bits per heavy atom. The number of piperazine rings is 1. The molecule has 0 radical (unpaired) electrons. The highest BCUT2D eigenvalue weighted by Crippen LogP contribution is 2.19.